The lowest BCUT2D eigenvalue weighted by atomic mass is 9.95. The van der Waals surface area contributed by atoms with Crippen LogP contribution in [0.4, 0.5) is 10.6 Å². The zero-order chi connectivity index (χ0) is 17.7. The predicted molar refractivity (Wildman–Crippen MR) is 97.1 cm³/mol. The number of hydrogen-bond donors (Lipinski definition) is 1. The average Bonchev–Trinajstić information content (AvgIpc) is 2.53. The van der Waals surface area contributed by atoms with E-state index in [2.05, 4.69) is 30.2 Å². The van der Waals surface area contributed by atoms with E-state index in [-0.39, 0.29) is 12.1 Å². The largest absolute Gasteiger partial charge is 0.444 e. The van der Waals surface area contributed by atoms with Gasteiger partial charge >= 0.3 is 6.09 Å². The lowest BCUT2D eigenvalue weighted by Gasteiger charge is -2.37. The number of likely N-dealkylation sites (tertiary alicyclic amines) is 1. The summed E-state index contributed by atoms with van der Waals surface area (Å²) in [5, 5.41) is 3.48. The molecule has 2 heterocycles. The highest BCUT2D eigenvalue weighted by molar-refractivity contribution is 5.69. The molecule has 2 atom stereocenters. The maximum Gasteiger partial charge on any atom is 0.410 e. The Morgan fingerprint density at radius 3 is 2.88 bits per heavy atom. The van der Waals surface area contributed by atoms with E-state index in [4.69, 9.17) is 4.74 Å². The summed E-state index contributed by atoms with van der Waals surface area (Å²) in [4.78, 5) is 19.0. The van der Waals surface area contributed by atoms with Crippen LogP contribution in [0.15, 0.2) is 18.3 Å². The number of nitrogens with zero attached hydrogens (tertiary/aromatic N) is 2. The van der Waals surface area contributed by atoms with Crippen molar-refractivity contribution in [1.82, 2.24) is 9.88 Å². The van der Waals surface area contributed by atoms with Gasteiger partial charge in [0.2, 0.25) is 0 Å². The van der Waals surface area contributed by atoms with Crippen molar-refractivity contribution < 1.29 is 9.53 Å². The molecule has 0 saturated carbocycles. The summed E-state index contributed by atoms with van der Waals surface area (Å²) in [5.41, 5.74) is 0.606. The Kier molecular flexibility index (Phi) is 6.08. The minimum absolute atomic E-state index is 0.0221. The molecule has 1 aromatic heterocycles. The fourth-order valence-corrected chi connectivity index (χ4v) is 2.94. The van der Waals surface area contributed by atoms with Crippen LogP contribution in [-0.4, -0.2) is 34.2 Å². The molecule has 0 aromatic carbocycles. The second kappa shape index (κ2) is 7.86. The summed E-state index contributed by atoms with van der Waals surface area (Å²) in [6, 6.07) is 4.38. The predicted octanol–water partition coefficient (Wildman–Crippen LogP) is 4.75. The first-order valence-electron chi connectivity index (χ1n) is 9.03. The molecule has 24 heavy (non-hydrogen) atoms. The van der Waals surface area contributed by atoms with E-state index in [1.54, 1.807) is 6.20 Å². The van der Waals surface area contributed by atoms with E-state index in [1.807, 2.05) is 31.7 Å². The molecule has 0 spiro atoms. The van der Waals surface area contributed by atoms with Crippen LogP contribution < -0.4 is 5.32 Å². The molecular formula is C19H31N3O2. The number of piperidine rings is 1. The van der Waals surface area contributed by atoms with Gasteiger partial charge in [-0.25, -0.2) is 9.78 Å². The van der Waals surface area contributed by atoms with Crippen molar-refractivity contribution in [1.29, 1.82) is 0 Å². The fourth-order valence-electron chi connectivity index (χ4n) is 2.94. The summed E-state index contributed by atoms with van der Waals surface area (Å²) in [6.45, 7) is 10.7. The highest BCUT2D eigenvalue weighted by Crippen LogP contribution is 2.35. The van der Waals surface area contributed by atoms with Crippen molar-refractivity contribution in [2.45, 2.75) is 78.0 Å². The molecular weight excluding hydrogens is 302 g/mol. The quantitative estimate of drug-likeness (QED) is 0.863. The number of hydrogen-bond acceptors (Lipinski definition) is 4. The minimum atomic E-state index is -0.480. The number of pyridine rings is 1. The highest BCUT2D eigenvalue weighted by Gasteiger charge is 2.33. The maximum atomic E-state index is 12.7. The molecule has 1 aromatic rings. The number of ether oxygens (including phenoxy) is 1. The smallest absolute Gasteiger partial charge is 0.410 e. The Balaban J connectivity index is 2.26. The van der Waals surface area contributed by atoms with E-state index < -0.39 is 5.60 Å². The van der Waals surface area contributed by atoms with Crippen molar-refractivity contribution in [3.63, 3.8) is 0 Å². The molecule has 1 amide bonds. The van der Waals surface area contributed by atoms with E-state index in [0.717, 1.165) is 43.6 Å². The summed E-state index contributed by atoms with van der Waals surface area (Å²) >= 11 is 0. The molecule has 134 valence electrons. The standard InChI is InChI=1S/C19H31N3O2/c1-6-14(2)21-17-15(10-9-12-20-17)16-11-7-8-13-22(16)18(23)24-19(3,4)5/h9-10,12,14,16H,6-8,11,13H2,1-5H3,(H,20,21)/t14-,16+/m1/s1. The monoisotopic (exact) mass is 333 g/mol. The molecule has 1 aliphatic heterocycles. The first-order valence-corrected chi connectivity index (χ1v) is 9.03. The van der Waals surface area contributed by atoms with E-state index >= 15 is 0 Å². The lowest BCUT2D eigenvalue weighted by molar-refractivity contribution is 0.00957. The van der Waals surface area contributed by atoms with Crippen molar-refractivity contribution in [2.24, 2.45) is 0 Å². The van der Waals surface area contributed by atoms with Crippen LogP contribution in [-0.2, 0) is 4.74 Å². The first kappa shape index (κ1) is 18.6. The van der Waals surface area contributed by atoms with Crippen LogP contribution in [0, 0.1) is 0 Å². The zero-order valence-corrected chi connectivity index (χ0v) is 15.6. The van der Waals surface area contributed by atoms with Crippen molar-refractivity contribution in [3.05, 3.63) is 23.9 Å². The topological polar surface area (TPSA) is 54.5 Å². The van der Waals surface area contributed by atoms with Crippen LogP contribution in [0.3, 0.4) is 0 Å². The number of anilines is 1. The van der Waals surface area contributed by atoms with Gasteiger partial charge in [-0.2, -0.15) is 0 Å². The van der Waals surface area contributed by atoms with Gasteiger partial charge in [0.1, 0.15) is 11.4 Å². The third kappa shape index (κ3) is 4.86. The Bertz CT molecular complexity index is 554. The van der Waals surface area contributed by atoms with E-state index in [1.165, 1.54) is 0 Å². The van der Waals surface area contributed by atoms with Crippen LogP contribution in [0.2, 0.25) is 0 Å². The van der Waals surface area contributed by atoms with Crippen molar-refractivity contribution >= 4 is 11.9 Å². The molecule has 0 radical (unpaired) electrons. The summed E-state index contributed by atoms with van der Waals surface area (Å²) in [7, 11) is 0. The molecule has 1 saturated heterocycles. The number of rotatable bonds is 4. The Morgan fingerprint density at radius 2 is 2.21 bits per heavy atom. The number of aromatic nitrogens is 1. The Labute approximate surface area is 145 Å². The second-order valence-electron chi connectivity index (χ2n) is 7.58. The molecule has 1 N–H and O–H groups in total. The van der Waals surface area contributed by atoms with Gasteiger partial charge in [0.15, 0.2) is 0 Å². The average molecular weight is 333 g/mol. The van der Waals surface area contributed by atoms with E-state index in [0.29, 0.717) is 6.04 Å². The molecule has 1 fully saturated rings. The van der Waals surface area contributed by atoms with E-state index in [9.17, 15) is 4.79 Å². The third-order valence-electron chi connectivity index (χ3n) is 4.32. The van der Waals surface area contributed by atoms with Crippen LogP contribution in [0.25, 0.3) is 0 Å². The summed E-state index contributed by atoms with van der Waals surface area (Å²) in [5.74, 6) is 0.882. The van der Waals surface area contributed by atoms with Gasteiger partial charge in [-0.3, -0.25) is 0 Å². The maximum absolute atomic E-state index is 12.7. The van der Waals surface area contributed by atoms with Gasteiger partial charge in [0.25, 0.3) is 0 Å². The van der Waals surface area contributed by atoms with Gasteiger partial charge in [-0.1, -0.05) is 13.0 Å². The molecule has 5 heteroatoms. The van der Waals surface area contributed by atoms with Gasteiger partial charge in [0.05, 0.1) is 6.04 Å². The number of carbonyl (C=O) groups excluding carboxylic acids is 1. The highest BCUT2D eigenvalue weighted by atomic mass is 16.6. The van der Waals surface area contributed by atoms with Crippen LogP contribution in [0.1, 0.15) is 71.9 Å². The molecule has 5 nitrogen and oxygen atoms in total. The van der Waals surface area contributed by atoms with Gasteiger partial charge in [0, 0.05) is 24.3 Å². The second-order valence-corrected chi connectivity index (χ2v) is 7.58. The number of amides is 1. The minimum Gasteiger partial charge on any atom is -0.444 e. The first-order chi connectivity index (χ1) is 11.3. The van der Waals surface area contributed by atoms with Gasteiger partial charge in [-0.05, 0) is 59.4 Å². The van der Waals surface area contributed by atoms with Crippen molar-refractivity contribution in [3.8, 4) is 0 Å². The molecule has 0 aliphatic carbocycles. The van der Waals surface area contributed by atoms with Crippen LogP contribution in [0.5, 0.6) is 0 Å². The van der Waals surface area contributed by atoms with Gasteiger partial charge in [-0.15, -0.1) is 0 Å². The molecule has 1 aliphatic rings. The fraction of sp³-hybridized carbons (Fsp3) is 0.684. The normalized spacial score (nSPS) is 19.7. The summed E-state index contributed by atoms with van der Waals surface area (Å²) in [6.07, 6.45) is 5.67. The molecule has 0 bridgehead atoms. The van der Waals surface area contributed by atoms with Crippen LogP contribution >= 0.6 is 0 Å². The Hall–Kier alpha value is -1.78. The lowest BCUT2D eigenvalue weighted by Crippen LogP contribution is -2.42. The van der Waals surface area contributed by atoms with Gasteiger partial charge < -0.3 is 15.0 Å². The third-order valence-corrected chi connectivity index (χ3v) is 4.32. The SMILES string of the molecule is CC[C@@H](C)Nc1ncccc1[C@@H]1CCCCN1C(=O)OC(C)(C)C. The number of nitrogens with one attached hydrogen (secondary N) is 1. The molecule has 0 unspecified atom stereocenters. The van der Waals surface area contributed by atoms with Crippen molar-refractivity contribution in [2.75, 3.05) is 11.9 Å². The number of carbonyl (C=O) groups is 1. The Morgan fingerprint density at radius 1 is 1.46 bits per heavy atom. The molecule has 2 rings (SSSR count). The zero-order valence-electron chi connectivity index (χ0n) is 15.6. The summed E-state index contributed by atoms with van der Waals surface area (Å²) < 4.78 is 5.62.